The van der Waals surface area contributed by atoms with E-state index in [-0.39, 0.29) is 16.7 Å². The maximum atomic E-state index is 13.4. The van der Waals surface area contributed by atoms with Gasteiger partial charge in [0.25, 0.3) is 0 Å². The molecule has 10 heteroatoms. The molecule has 2 aromatic carbocycles. The summed E-state index contributed by atoms with van der Waals surface area (Å²) in [6.07, 6.45) is 2.96. The largest absolute Gasteiger partial charge is 0.492 e. The molecule has 3 aromatic rings. The van der Waals surface area contributed by atoms with Crippen LogP contribution in [0.2, 0.25) is 0 Å². The van der Waals surface area contributed by atoms with Crippen molar-refractivity contribution in [2.75, 3.05) is 13.2 Å². The summed E-state index contributed by atoms with van der Waals surface area (Å²) in [6.45, 7) is 4.27. The van der Waals surface area contributed by atoms with Crippen molar-refractivity contribution in [2.45, 2.75) is 37.6 Å². The summed E-state index contributed by atoms with van der Waals surface area (Å²) in [6, 6.07) is 10.7. The molecule has 0 bridgehead atoms. The van der Waals surface area contributed by atoms with Crippen molar-refractivity contribution in [3.8, 4) is 17.2 Å². The van der Waals surface area contributed by atoms with Gasteiger partial charge < -0.3 is 9.47 Å². The second-order valence-electron chi connectivity index (χ2n) is 6.80. The van der Waals surface area contributed by atoms with E-state index >= 15 is 0 Å². The summed E-state index contributed by atoms with van der Waals surface area (Å²) in [7, 11) is -3.88. The van der Waals surface area contributed by atoms with Gasteiger partial charge in [0.05, 0.1) is 13.2 Å². The highest BCUT2D eigenvalue weighted by atomic mass is 32.2. The van der Waals surface area contributed by atoms with E-state index in [9.17, 15) is 8.42 Å². The number of aryl methyl sites for hydroxylation is 1. The van der Waals surface area contributed by atoms with Crippen LogP contribution in [0.4, 0.5) is 0 Å². The Hall–Kier alpha value is -2.98. The van der Waals surface area contributed by atoms with Crippen LogP contribution >= 0.6 is 0 Å². The molecule has 0 saturated carbocycles. The lowest BCUT2D eigenvalue weighted by atomic mass is 10.1. The van der Waals surface area contributed by atoms with E-state index in [1.165, 1.54) is 22.6 Å². The van der Waals surface area contributed by atoms with Gasteiger partial charge in [-0.1, -0.05) is 24.3 Å². The van der Waals surface area contributed by atoms with E-state index in [0.29, 0.717) is 31.1 Å². The van der Waals surface area contributed by atoms with Crippen LogP contribution in [-0.2, 0) is 16.4 Å². The fourth-order valence-electron chi connectivity index (χ4n) is 3.66. The number of aromatic nitrogens is 4. The monoisotopic (exact) mass is 429 g/mol. The van der Waals surface area contributed by atoms with Crippen molar-refractivity contribution in [2.24, 2.45) is 0 Å². The molecule has 0 aliphatic heterocycles. The van der Waals surface area contributed by atoms with Crippen molar-refractivity contribution >= 4 is 10.0 Å². The summed E-state index contributed by atoms with van der Waals surface area (Å²) in [5.41, 5.74) is 2.67. The zero-order valence-corrected chi connectivity index (χ0v) is 17.6. The maximum absolute atomic E-state index is 13.4. The molecule has 4 rings (SSSR count). The van der Waals surface area contributed by atoms with Crippen molar-refractivity contribution < 1.29 is 17.9 Å². The third-order valence-electron chi connectivity index (χ3n) is 4.94. The Balaban J connectivity index is 1.75. The molecule has 0 radical (unpaired) electrons. The number of rotatable bonds is 8. The van der Waals surface area contributed by atoms with Gasteiger partial charge in [-0.2, -0.15) is 4.68 Å². The van der Waals surface area contributed by atoms with Crippen molar-refractivity contribution in [3.63, 3.8) is 0 Å². The first-order valence-electron chi connectivity index (χ1n) is 9.80. The molecule has 1 N–H and O–H groups in total. The van der Waals surface area contributed by atoms with Crippen LogP contribution in [0.3, 0.4) is 0 Å². The molecule has 158 valence electrons. The fraction of sp³-hybridized carbons (Fsp3) is 0.350. The van der Waals surface area contributed by atoms with Gasteiger partial charge in [0.1, 0.15) is 28.4 Å². The second kappa shape index (κ2) is 8.41. The van der Waals surface area contributed by atoms with E-state index < -0.39 is 10.0 Å². The molecule has 0 saturated heterocycles. The predicted molar refractivity (Wildman–Crippen MR) is 109 cm³/mol. The third kappa shape index (κ3) is 3.88. The molecule has 1 unspecified atom stereocenters. The van der Waals surface area contributed by atoms with Crippen molar-refractivity contribution in [1.29, 1.82) is 0 Å². The smallest absolute Gasteiger partial charge is 0.244 e. The standard InChI is InChI=1S/C20H23N5O4S/c1-3-28-18-12-20(19(29-4-2)11-17(18)25-13-21-23-24-25)30(26,27)22-16-10-9-14-7-5-6-8-15(14)16/h5-8,11-13,16,22H,3-4,9-10H2,1-2H3. The van der Waals surface area contributed by atoms with Gasteiger partial charge in [0, 0.05) is 18.2 Å². The average molecular weight is 430 g/mol. The highest BCUT2D eigenvalue weighted by Crippen LogP contribution is 2.37. The maximum Gasteiger partial charge on any atom is 0.244 e. The summed E-state index contributed by atoms with van der Waals surface area (Å²) in [5, 5.41) is 11.2. The highest BCUT2D eigenvalue weighted by Gasteiger charge is 2.30. The Morgan fingerprint density at radius 1 is 1.13 bits per heavy atom. The molecule has 1 aliphatic rings. The van der Waals surface area contributed by atoms with Crippen molar-refractivity contribution in [3.05, 3.63) is 53.9 Å². The van der Waals surface area contributed by atoms with E-state index in [1.807, 2.05) is 31.2 Å². The van der Waals surface area contributed by atoms with Gasteiger partial charge in [-0.15, -0.1) is 5.10 Å². The molecule has 0 spiro atoms. The van der Waals surface area contributed by atoms with E-state index in [1.54, 1.807) is 13.0 Å². The van der Waals surface area contributed by atoms with Crippen molar-refractivity contribution in [1.82, 2.24) is 24.9 Å². The number of hydrogen-bond acceptors (Lipinski definition) is 7. The molecule has 1 atom stereocenters. The van der Waals surface area contributed by atoms with Gasteiger partial charge >= 0.3 is 0 Å². The van der Waals surface area contributed by atoms with E-state index in [2.05, 4.69) is 20.2 Å². The summed E-state index contributed by atoms with van der Waals surface area (Å²) in [4.78, 5) is 0.0222. The molecule has 1 aliphatic carbocycles. The fourth-order valence-corrected chi connectivity index (χ4v) is 5.05. The van der Waals surface area contributed by atoms with Crippen LogP contribution in [0.25, 0.3) is 5.69 Å². The number of ether oxygens (including phenoxy) is 2. The first-order valence-corrected chi connectivity index (χ1v) is 11.3. The molecule has 0 amide bonds. The molecule has 9 nitrogen and oxygen atoms in total. The normalized spacial score (nSPS) is 15.7. The van der Waals surface area contributed by atoms with Gasteiger partial charge in [0.2, 0.25) is 10.0 Å². The van der Waals surface area contributed by atoms with Gasteiger partial charge in [-0.05, 0) is 48.2 Å². The Bertz CT molecular complexity index is 1130. The van der Waals surface area contributed by atoms with E-state index in [4.69, 9.17) is 9.47 Å². The zero-order valence-electron chi connectivity index (χ0n) is 16.8. The lowest BCUT2D eigenvalue weighted by molar-refractivity contribution is 0.320. The molecular formula is C20H23N5O4S. The molecular weight excluding hydrogens is 406 g/mol. The topological polar surface area (TPSA) is 108 Å². The minimum atomic E-state index is -3.88. The number of tetrazole rings is 1. The third-order valence-corrected chi connectivity index (χ3v) is 6.43. The lowest BCUT2D eigenvalue weighted by Crippen LogP contribution is -2.28. The molecule has 30 heavy (non-hydrogen) atoms. The Labute approximate surface area is 175 Å². The Morgan fingerprint density at radius 2 is 1.90 bits per heavy atom. The number of nitrogens with zero attached hydrogens (tertiary/aromatic N) is 4. The number of fused-ring (bicyclic) bond motifs is 1. The number of sulfonamides is 1. The Kier molecular flexibility index (Phi) is 5.69. The number of benzene rings is 2. The quantitative estimate of drug-likeness (QED) is 0.586. The van der Waals surface area contributed by atoms with Crippen LogP contribution in [0.5, 0.6) is 11.5 Å². The molecule has 0 fully saturated rings. The summed E-state index contributed by atoms with van der Waals surface area (Å²) < 4.78 is 42.3. The van der Waals surface area contributed by atoms with Crippen LogP contribution in [0, 0.1) is 0 Å². The lowest BCUT2D eigenvalue weighted by Gasteiger charge is -2.19. The van der Waals surface area contributed by atoms with Crippen LogP contribution in [0.15, 0.2) is 47.6 Å². The van der Waals surface area contributed by atoms with Gasteiger partial charge in [-0.3, -0.25) is 0 Å². The van der Waals surface area contributed by atoms with Crippen LogP contribution in [0.1, 0.15) is 37.4 Å². The molecule has 1 heterocycles. The van der Waals surface area contributed by atoms with Crippen LogP contribution in [-0.4, -0.2) is 41.8 Å². The summed E-state index contributed by atoms with van der Waals surface area (Å²) >= 11 is 0. The second-order valence-corrected chi connectivity index (χ2v) is 8.48. The SMILES string of the molecule is CCOc1cc(S(=O)(=O)NC2CCc3ccccc32)c(OCC)cc1-n1cnnn1. The minimum absolute atomic E-state index is 0.0222. The first kappa shape index (κ1) is 20.3. The number of nitrogens with one attached hydrogen (secondary N) is 1. The predicted octanol–water partition coefficient (Wildman–Crippen LogP) is 2.43. The Morgan fingerprint density at radius 3 is 2.63 bits per heavy atom. The van der Waals surface area contributed by atoms with Crippen LogP contribution < -0.4 is 14.2 Å². The van der Waals surface area contributed by atoms with E-state index in [0.717, 1.165) is 12.0 Å². The summed E-state index contributed by atoms with van der Waals surface area (Å²) in [5.74, 6) is 0.561. The zero-order chi connectivity index (χ0) is 21.1. The minimum Gasteiger partial charge on any atom is -0.492 e. The number of hydrogen-bond donors (Lipinski definition) is 1. The van der Waals surface area contributed by atoms with Gasteiger partial charge in [0.15, 0.2) is 0 Å². The molecule has 1 aromatic heterocycles. The van der Waals surface area contributed by atoms with Gasteiger partial charge in [-0.25, -0.2) is 13.1 Å². The highest BCUT2D eigenvalue weighted by molar-refractivity contribution is 7.89. The first-order chi connectivity index (χ1) is 14.5. The average Bonchev–Trinajstić information content (AvgIpc) is 3.40.